The van der Waals surface area contributed by atoms with Gasteiger partial charge in [0, 0.05) is 13.1 Å². The molecule has 182 valence electrons. The van der Waals surface area contributed by atoms with Crippen molar-refractivity contribution in [1.29, 1.82) is 0 Å². The van der Waals surface area contributed by atoms with E-state index in [1.165, 1.54) is 4.90 Å². The first-order chi connectivity index (χ1) is 15.8. The molecule has 2 rings (SSSR count). The second-order valence-corrected chi connectivity index (χ2v) is 8.21. The van der Waals surface area contributed by atoms with E-state index >= 15 is 0 Å². The summed E-state index contributed by atoms with van der Waals surface area (Å²) in [6, 6.07) is 6.81. The molecule has 2 amide bonds. The van der Waals surface area contributed by atoms with Crippen LogP contribution in [0.25, 0.3) is 0 Å². The highest BCUT2D eigenvalue weighted by Gasteiger charge is 2.38. The fourth-order valence-corrected chi connectivity index (χ4v) is 4.02. The number of hydrogen-bond acceptors (Lipinski definition) is 6. The third-order valence-electron chi connectivity index (χ3n) is 5.81. The van der Waals surface area contributed by atoms with Gasteiger partial charge in [-0.25, -0.2) is 4.79 Å². The number of amides is 2. The van der Waals surface area contributed by atoms with Gasteiger partial charge in [0.15, 0.2) is 0 Å². The maximum atomic E-state index is 13.2. The summed E-state index contributed by atoms with van der Waals surface area (Å²) < 4.78 is 0. The van der Waals surface area contributed by atoms with Gasteiger partial charge < -0.3 is 26.2 Å². The van der Waals surface area contributed by atoms with Crippen LogP contribution in [0.15, 0.2) is 30.3 Å². The number of carboxylic acids is 2. The number of carbonyl (C=O) groups excluding carboxylic acids is 2. The first kappa shape index (κ1) is 26.3. The first-order valence-corrected chi connectivity index (χ1v) is 11.4. The molecule has 10 nitrogen and oxygen atoms in total. The van der Waals surface area contributed by atoms with Crippen LogP contribution in [0.3, 0.4) is 0 Å². The van der Waals surface area contributed by atoms with Crippen LogP contribution in [0.1, 0.15) is 44.1 Å². The Morgan fingerprint density at radius 3 is 2.42 bits per heavy atom. The zero-order valence-corrected chi connectivity index (χ0v) is 18.7. The van der Waals surface area contributed by atoms with Gasteiger partial charge in [0.25, 0.3) is 0 Å². The van der Waals surface area contributed by atoms with Gasteiger partial charge in [-0.15, -0.1) is 0 Å². The van der Waals surface area contributed by atoms with E-state index < -0.39 is 36.0 Å². The smallest absolute Gasteiger partial charge is 0.326 e. The van der Waals surface area contributed by atoms with E-state index in [0.29, 0.717) is 51.6 Å². The molecule has 0 unspecified atom stereocenters. The van der Waals surface area contributed by atoms with Crippen molar-refractivity contribution >= 4 is 23.8 Å². The molecule has 1 heterocycles. The molecule has 3 atom stereocenters. The van der Waals surface area contributed by atoms with Gasteiger partial charge >= 0.3 is 11.9 Å². The highest BCUT2D eigenvalue weighted by molar-refractivity contribution is 5.88. The second kappa shape index (κ2) is 13.5. The Labute approximate surface area is 193 Å². The Kier molecular flexibility index (Phi) is 10.8. The molecular weight excluding hydrogens is 428 g/mol. The highest BCUT2D eigenvalue weighted by atomic mass is 16.4. The average molecular weight is 463 g/mol. The SMILES string of the molecule is NCC(=O)NCCCC[C@H](N[C@@H](CCc1ccccc1)C(=O)O)C(=O)N1CCC[C@H]1C(=O)O. The van der Waals surface area contributed by atoms with Crippen molar-refractivity contribution in [3.05, 3.63) is 35.9 Å². The molecule has 1 aliphatic rings. The van der Waals surface area contributed by atoms with Crippen LogP contribution in [0, 0.1) is 0 Å². The van der Waals surface area contributed by atoms with Gasteiger partial charge in [-0.1, -0.05) is 30.3 Å². The number of unbranched alkanes of at least 4 members (excludes halogenated alkanes) is 1. The minimum atomic E-state index is -1.06. The number of rotatable bonds is 14. The second-order valence-electron chi connectivity index (χ2n) is 8.21. The topological polar surface area (TPSA) is 162 Å². The van der Waals surface area contributed by atoms with Crippen LogP contribution < -0.4 is 16.4 Å². The molecule has 0 bridgehead atoms. The van der Waals surface area contributed by atoms with E-state index in [1.54, 1.807) is 0 Å². The van der Waals surface area contributed by atoms with Crippen molar-refractivity contribution in [2.75, 3.05) is 19.6 Å². The van der Waals surface area contributed by atoms with Gasteiger partial charge in [0.05, 0.1) is 12.6 Å². The lowest BCUT2D eigenvalue weighted by molar-refractivity contribution is -0.149. The standard InChI is InChI=1S/C23H34N4O6/c24-15-20(28)25-13-5-4-9-17(21(29)27-14-6-10-19(27)23(32)33)26-18(22(30)31)12-11-16-7-2-1-3-8-16/h1-3,7-8,17-19,26H,4-6,9-15,24H2,(H,25,28)(H,30,31)(H,32,33)/t17-,18-,19-/m0/s1. The fourth-order valence-electron chi connectivity index (χ4n) is 4.02. The molecule has 1 saturated heterocycles. The normalized spacial score (nSPS) is 17.4. The Balaban J connectivity index is 2.05. The summed E-state index contributed by atoms with van der Waals surface area (Å²) in [6.07, 6.45) is 3.25. The summed E-state index contributed by atoms with van der Waals surface area (Å²) in [5.74, 6) is -2.77. The molecule has 1 fully saturated rings. The van der Waals surface area contributed by atoms with E-state index in [4.69, 9.17) is 5.73 Å². The van der Waals surface area contributed by atoms with Crippen molar-refractivity contribution in [2.45, 2.75) is 63.1 Å². The number of carbonyl (C=O) groups is 4. The number of likely N-dealkylation sites (tertiary alicyclic amines) is 1. The summed E-state index contributed by atoms with van der Waals surface area (Å²) in [7, 11) is 0. The number of aliphatic carboxylic acids is 2. The lowest BCUT2D eigenvalue weighted by atomic mass is 10.0. The zero-order valence-electron chi connectivity index (χ0n) is 18.7. The molecule has 0 spiro atoms. The molecule has 0 aliphatic carbocycles. The van der Waals surface area contributed by atoms with E-state index in [-0.39, 0.29) is 18.9 Å². The molecule has 1 aliphatic heterocycles. The van der Waals surface area contributed by atoms with Gasteiger partial charge in [-0.3, -0.25) is 19.7 Å². The van der Waals surface area contributed by atoms with Crippen molar-refractivity contribution in [2.24, 2.45) is 5.73 Å². The van der Waals surface area contributed by atoms with Crippen LogP contribution in [0.4, 0.5) is 0 Å². The largest absolute Gasteiger partial charge is 0.480 e. The quantitative estimate of drug-likeness (QED) is 0.247. The van der Waals surface area contributed by atoms with E-state index in [0.717, 1.165) is 5.56 Å². The molecule has 6 N–H and O–H groups in total. The summed E-state index contributed by atoms with van der Waals surface area (Å²) >= 11 is 0. The molecule has 10 heteroatoms. The Morgan fingerprint density at radius 2 is 1.79 bits per heavy atom. The lowest BCUT2D eigenvalue weighted by Crippen LogP contribution is -2.54. The lowest BCUT2D eigenvalue weighted by Gasteiger charge is -2.29. The van der Waals surface area contributed by atoms with Gasteiger partial charge in [-0.2, -0.15) is 0 Å². The van der Waals surface area contributed by atoms with Crippen molar-refractivity contribution in [3.63, 3.8) is 0 Å². The molecular formula is C23H34N4O6. The van der Waals surface area contributed by atoms with E-state index in [9.17, 15) is 29.4 Å². The molecule has 0 saturated carbocycles. The predicted octanol–water partition coefficient (Wildman–Crippen LogP) is 0.351. The van der Waals surface area contributed by atoms with E-state index in [1.807, 2.05) is 30.3 Å². The van der Waals surface area contributed by atoms with Crippen LogP contribution >= 0.6 is 0 Å². The molecule has 0 radical (unpaired) electrons. The number of benzene rings is 1. The molecule has 1 aromatic rings. The Bertz CT molecular complexity index is 803. The van der Waals surface area contributed by atoms with Crippen LogP contribution in [0.2, 0.25) is 0 Å². The molecule has 33 heavy (non-hydrogen) atoms. The van der Waals surface area contributed by atoms with Crippen molar-refractivity contribution < 1.29 is 29.4 Å². The number of aryl methyl sites for hydroxylation is 1. The Morgan fingerprint density at radius 1 is 1.06 bits per heavy atom. The average Bonchev–Trinajstić information content (AvgIpc) is 3.30. The first-order valence-electron chi connectivity index (χ1n) is 11.4. The maximum absolute atomic E-state index is 13.2. The maximum Gasteiger partial charge on any atom is 0.326 e. The van der Waals surface area contributed by atoms with Gasteiger partial charge in [0.2, 0.25) is 11.8 Å². The van der Waals surface area contributed by atoms with Crippen molar-refractivity contribution in [1.82, 2.24) is 15.5 Å². The Hall–Kier alpha value is -2.98. The third-order valence-corrected chi connectivity index (χ3v) is 5.81. The van der Waals surface area contributed by atoms with E-state index in [2.05, 4.69) is 10.6 Å². The number of hydrogen-bond donors (Lipinski definition) is 5. The molecule has 0 aromatic heterocycles. The van der Waals surface area contributed by atoms with Crippen LogP contribution in [0.5, 0.6) is 0 Å². The van der Waals surface area contributed by atoms with Gasteiger partial charge in [0.1, 0.15) is 12.1 Å². The number of carboxylic acid groups (broad SMARTS) is 2. The predicted molar refractivity (Wildman–Crippen MR) is 121 cm³/mol. The summed E-state index contributed by atoms with van der Waals surface area (Å²) in [4.78, 5) is 49.3. The third kappa shape index (κ3) is 8.47. The highest BCUT2D eigenvalue weighted by Crippen LogP contribution is 2.20. The zero-order chi connectivity index (χ0) is 24.2. The fraction of sp³-hybridized carbons (Fsp3) is 0.565. The number of nitrogens with two attached hydrogens (primary N) is 1. The minimum absolute atomic E-state index is 0.101. The number of nitrogens with zero attached hydrogens (tertiary/aromatic N) is 1. The molecule has 1 aromatic carbocycles. The van der Waals surface area contributed by atoms with Crippen LogP contribution in [-0.2, 0) is 25.6 Å². The van der Waals surface area contributed by atoms with Crippen LogP contribution in [-0.4, -0.2) is 76.6 Å². The monoisotopic (exact) mass is 462 g/mol. The minimum Gasteiger partial charge on any atom is -0.480 e. The van der Waals surface area contributed by atoms with Crippen molar-refractivity contribution in [3.8, 4) is 0 Å². The summed E-state index contributed by atoms with van der Waals surface area (Å²) in [6.45, 7) is 0.632. The number of nitrogens with one attached hydrogen (secondary N) is 2. The van der Waals surface area contributed by atoms with Gasteiger partial charge in [-0.05, 0) is 50.5 Å². The summed E-state index contributed by atoms with van der Waals surface area (Å²) in [5, 5.41) is 24.8. The summed E-state index contributed by atoms with van der Waals surface area (Å²) in [5.41, 5.74) is 6.25.